The molecule has 0 atom stereocenters. The lowest BCUT2D eigenvalue weighted by Crippen LogP contribution is -2.16. The van der Waals surface area contributed by atoms with Gasteiger partial charge in [-0.05, 0) is 74.3 Å². The monoisotopic (exact) mass is 471 g/mol. The number of rotatable bonds is 1. The van der Waals surface area contributed by atoms with E-state index in [4.69, 9.17) is 10.8 Å². The van der Waals surface area contributed by atoms with Crippen molar-refractivity contribution >= 4 is 71.6 Å². The first-order valence-corrected chi connectivity index (χ1v) is 12.5. The SMILES string of the molecule is N=C1C=Cc2ccc3ccc(-n4c5cc6ccccc6cc5c5c6ccccc6ccc54)cc3c2C1=N. The van der Waals surface area contributed by atoms with Crippen LogP contribution in [0.5, 0.6) is 0 Å². The van der Waals surface area contributed by atoms with E-state index in [1.807, 2.05) is 12.1 Å². The highest BCUT2D eigenvalue weighted by Crippen LogP contribution is 2.39. The molecule has 3 heteroatoms. The van der Waals surface area contributed by atoms with Crippen LogP contribution >= 0.6 is 0 Å². The number of nitrogens with one attached hydrogen (secondary N) is 2. The Balaban J connectivity index is 1.54. The molecule has 6 aromatic carbocycles. The molecule has 0 amide bonds. The summed E-state index contributed by atoms with van der Waals surface area (Å²) >= 11 is 0. The van der Waals surface area contributed by atoms with Crippen LogP contribution in [0.1, 0.15) is 11.1 Å². The summed E-state index contributed by atoms with van der Waals surface area (Å²) in [6.07, 6.45) is 3.66. The number of allylic oxidation sites excluding steroid dienone is 1. The van der Waals surface area contributed by atoms with Gasteiger partial charge >= 0.3 is 0 Å². The highest BCUT2D eigenvalue weighted by molar-refractivity contribution is 6.53. The summed E-state index contributed by atoms with van der Waals surface area (Å²) in [6.45, 7) is 0. The third-order valence-electron chi connectivity index (χ3n) is 7.77. The Labute approximate surface area is 212 Å². The van der Waals surface area contributed by atoms with Crippen molar-refractivity contribution in [3.05, 3.63) is 120 Å². The average Bonchev–Trinajstić information content (AvgIpc) is 3.26. The van der Waals surface area contributed by atoms with E-state index in [9.17, 15) is 0 Å². The van der Waals surface area contributed by atoms with Gasteiger partial charge in [0.05, 0.1) is 22.5 Å². The van der Waals surface area contributed by atoms with Crippen LogP contribution in [0.3, 0.4) is 0 Å². The molecule has 0 spiro atoms. The molecule has 3 nitrogen and oxygen atoms in total. The van der Waals surface area contributed by atoms with Crippen LogP contribution < -0.4 is 0 Å². The van der Waals surface area contributed by atoms with E-state index in [0.29, 0.717) is 0 Å². The number of fused-ring (bicyclic) bond motifs is 9. The molecule has 1 heterocycles. The van der Waals surface area contributed by atoms with E-state index in [-0.39, 0.29) is 11.4 Å². The fourth-order valence-corrected chi connectivity index (χ4v) is 6.02. The van der Waals surface area contributed by atoms with Crippen molar-refractivity contribution in [1.29, 1.82) is 10.8 Å². The van der Waals surface area contributed by atoms with Crippen LogP contribution in [0.25, 0.3) is 65.9 Å². The summed E-state index contributed by atoms with van der Waals surface area (Å²) in [5.74, 6) is 0. The van der Waals surface area contributed by atoms with E-state index in [0.717, 1.165) is 38.6 Å². The quantitative estimate of drug-likeness (QED) is 0.241. The number of aromatic nitrogens is 1. The van der Waals surface area contributed by atoms with Crippen molar-refractivity contribution in [3.8, 4) is 5.69 Å². The number of hydrogen-bond donors (Lipinski definition) is 2. The van der Waals surface area contributed by atoms with Gasteiger partial charge in [-0.15, -0.1) is 0 Å². The van der Waals surface area contributed by atoms with Gasteiger partial charge in [-0.1, -0.05) is 78.9 Å². The molecule has 0 saturated heterocycles. The first-order valence-electron chi connectivity index (χ1n) is 12.5. The van der Waals surface area contributed by atoms with Crippen molar-refractivity contribution in [2.45, 2.75) is 0 Å². The maximum atomic E-state index is 8.66. The van der Waals surface area contributed by atoms with E-state index in [1.54, 1.807) is 6.08 Å². The van der Waals surface area contributed by atoms with Gasteiger partial charge in [0, 0.05) is 22.0 Å². The molecule has 1 aliphatic carbocycles. The summed E-state index contributed by atoms with van der Waals surface area (Å²) in [5, 5.41) is 26.4. The summed E-state index contributed by atoms with van der Waals surface area (Å²) in [7, 11) is 0. The zero-order valence-electron chi connectivity index (χ0n) is 19.9. The average molecular weight is 472 g/mol. The first-order chi connectivity index (χ1) is 18.2. The second-order valence-corrected chi connectivity index (χ2v) is 9.79. The fourth-order valence-electron chi connectivity index (χ4n) is 6.02. The Morgan fingerprint density at radius 2 is 1.22 bits per heavy atom. The summed E-state index contributed by atoms with van der Waals surface area (Å²) in [4.78, 5) is 0. The molecule has 0 aliphatic heterocycles. The minimum Gasteiger partial charge on any atom is -0.309 e. The van der Waals surface area contributed by atoms with E-state index < -0.39 is 0 Å². The normalized spacial score (nSPS) is 13.4. The highest BCUT2D eigenvalue weighted by Gasteiger charge is 2.20. The molecule has 0 bridgehead atoms. The van der Waals surface area contributed by atoms with Gasteiger partial charge in [0.15, 0.2) is 0 Å². The molecule has 8 rings (SSSR count). The molecular weight excluding hydrogens is 450 g/mol. The standard InChI is InChI=1S/C34H21N3/c35-29-15-12-22-10-9-21-11-14-25(19-27(21)32(22)34(29)36)37-30-16-13-20-5-3-4-8-26(20)33(30)28-17-23-6-1-2-7-24(23)18-31(28)37/h1-19,35-36H. The molecule has 2 N–H and O–H groups in total. The van der Waals surface area contributed by atoms with Crippen molar-refractivity contribution in [2.75, 3.05) is 0 Å². The third kappa shape index (κ3) is 2.77. The van der Waals surface area contributed by atoms with Crippen molar-refractivity contribution < 1.29 is 0 Å². The fraction of sp³-hybridized carbons (Fsp3) is 0. The third-order valence-corrected chi connectivity index (χ3v) is 7.77. The Hall–Kier alpha value is -5.02. The van der Waals surface area contributed by atoms with Crippen molar-refractivity contribution in [1.82, 2.24) is 4.57 Å². The maximum absolute atomic E-state index is 8.66. The van der Waals surface area contributed by atoms with Crippen LogP contribution in [0, 0.1) is 10.8 Å². The van der Waals surface area contributed by atoms with Gasteiger partial charge < -0.3 is 4.57 Å². The predicted molar refractivity (Wildman–Crippen MR) is 157 cm³/mol. The highest BCUT2D eigenvalue weighted by atomic mass is 15.0. The van der Waals surface area contributed by atoms with Crippen LogP contribution in [0.15, 0.2) is 109 Å². The summed E-state index contributed by atoms with van der Waals surface area (Å²) in [6, 6.07) is 36.8. The number of benzene rings is 6. The van der Waals surface area contributed by atoms with Gasteiger partial charge in [-0.3, -0.25) is 10.8 Å². The van der Waals surface area contributed by atoms with E-state index in [2.05, 4.69) is 102 Å². The molecular formula is C34H21N3. The second-order valence-electron chi connectivity index (χ2n) is 9.79. The number of hydrogen-bond acceptors (Lipinski definition) is 2. The minimum atomic E-state index is 0.250. The summed E-state index contributed by atoms with van der Waals surface area (Å²) < 4.78 is 2.36. The van der Waals surface area contributed by atoms with Gasteiger partial charge in [0.25, 0.3) is 0 Å². The smallest absolute Gasteiger partial charge is 0.0873 e. The van der Waals surface area contributed by atoms with Gasteiger partial charge in [-0.2, -0.15) is 0 Å². The Bertz CT molecular complexity index is 2180. The first kappa shape index (κ1) is 20.2. The van der Waals surface area contributed by atoms with Gasteiger partial charge in [0.1, 0.15) is 0 Å². The molecule has 172 valence electrons. The molecule has 0 unspecified atom stereocenters. The second kappa shape index (κ2) is 7.25. The molecule has 1 aliphatic rings. The van der Waals surface area contributed by atoms with Crippen LogP contribution in [0.2, 0.25) is 0 Å². The Morgan fingerprint density at radius 3 is 2.08 bits per heavy atom. The molecule has 37 heavy (non-hydrogen) atoms. The van der Waals surface area contributed by atoms with Gasteiger partial charge in [0.2, 0.25) is 0 Å². The largest absolute Gasteiger partial charge is 0.309 e. The van der Waals surface area contributed by atoms with E-state index >= 15 is 0 Å². The maximum Gasteiger partial charge on any atom is 0.0873 e. The van der Waals surface area contributed by atoms with E-state index in [1.165, 1.54) is 32.3 Å². The van der Waals surface area contributed by atoms with Crippen LogP contribution in [-0.2, 0) is 0 Å². The van der Waals surface area contributed by atoms with Crippen molar-refractivity contribution in [3.63, 3.8) is 0 Å². The minimum absolute atomic E-state index is 0.250. The summed E-state index contributed by atoms with van der Waals surface area (Å²) in [5.41, 5.74) is 5.74. The van der Waals surface area contributed by atoms with Crippen LogP contribution in [-0.4, -0.2) is 16.0 Å². The van der Waals surface area contributed by atoms with Crippen LogP contribution in [0.4, 0.5) is 0 Å². The molecule has 0 saturated carbocycles. The van der Waals surface area contributed by atoms with Gasteiger partial charge in [-0.25, -0.2) is 0 Å². The zero-order valence-corrected chi connectivity index (χ0v) is 19.9. The molecule has 0 radical (unpaired) electrons. The topological polar surface area (TPSA) is 52.6 Å². The lowest BCUT2D eigenvalue weighted by atomic mass is 9.89. The molecule has 0 fully saturated rings. The van der Waals surface area contributed by atoms with Crippen molar-refractivity contribution in [2.24, 2.45) is 0 Å². The molecule has 1 aromatic heterocycles. The predicted octanol–water partition coefficient (Wildman–Crippen LogP) is 8.66. The Morgan fingerprint density at radius 1 is 0.514 bits per heavy atom. The lowest BCUT2D eigenvalue weighted by molar-refractivity contribution is 1.19. The molecule has 7 aromatic rings. The lowest BCUT2D eigenvalue weighted by Gasteiger charge is -2.17. The Kier molecular flexibility index (Phi) is 3.96. The number of nitrogens with zero attached hydrogens (tertiary/aromatic N) is 1. The zero-order chi connectivity index (χ0) is 24.7.